The molecular formula is C15H20ClN. The molecule has 0 amide bonds. The fraction of sp³-hybridized carbons (Fsp3) is 0.600. The minimum atomic E-state index is 0. The maximum atomic E-state index is 2.72. The van der Waals surface area contributed by atoms with E-state index in [9.17, 15) is 0 Å². The molecule has 0 N–H and O–H groups in total. The summed E-state index contributed by atoms with van der Waals surface area (Å²) in [5.74, 6) is 2.01. The highest BCUT2D eigenvalue weighted by Gasteiger charge is 2.60. The van der Waals surface area contributed by atoms with E-state index >= 15 is 0 Å². The number of halogens is 1. The lowest BCUT2D eigenvalue weighted by Crippen LogP contribution is -2.28. The van der Waals surface area contributed by atoms with E-state index in [1.807, 2.05) is 0 Å². The van der Waals surface area contributed by atoms with E-state index in [1.54, 1.807) is 5.56 Å². The molecule has 2 atom stereocenters. The zero-order valence-electron chi connectivity index (χ0n) is 10.1. The molecule has 0 bridgehead atoms. The summed E-state index contributed by atoms with van der Waals surface area (Å²) in [5, 5.41) is 0. The van der Waals surface area contributed by atoms with Gasteiger partial charge >= 0.3 is 0 Å². The van der Waals surface area contributed by atoms with E-state index in [2.05, 4.69) is 35.2 Å². The average molecular weight is 250 g/mol. The minimum absolute atomic E-state index is 0. The summed E-state index contributed by atoms with van der Waals surface area (Å²) in [4.78, 5) is 2.72. The predicted octanol–water partition coefficient (Wildman–Crippen LogP) is 3.09. The summed E-state index contributed by atoms with van der Waals surface area (Å²) in [7, 11) is 0. The molecule has 3 aliphatic rings. The van der Waals surface area contributed by atoms with Gasteiger partial charge in [0.25, 0.3) is 0 Å². The van der Waals surface area contributed by atoms with Crippen molar-refractivity contribution in [2.75, 3.05) is 19.6 Å². The van der Waals surface area contributed by atoms with Crippen molar-refractivity contribution in [2.45, 2.75) is 24.7 Å². The highest BCUT2D eigenvalue weighted by Crippen LogP contribution is 2.59. The number of benzene rings is 1. The van der Waals surface area contributed by atoms with Crippen LogP contribution in [0.15, 0.2) is 30.3 Å². The average Bonchev–Trinajstić information content (AvgIpc) is 3.21. The number of nitrogens with zero attached hydrogens (tertiary/aromatic N) is 1. The minimum Gasteiger partial charge on any atom is -0.302 e. The molecule has 17 heavy (non-hydrogen) atoms. The summed E-state index contributed by atoms with van der Waals surface area (Å²) >= 11 is 0. The van der Waals surface area contributed by atoms with Gasteiger partial charge in [-0.15, -0.1) is 12.4 Å². The molecule has 0 radical (unpaired) electrons. The van der Waals surface area contributed by atoms with E-state index in [4.69, 9.17) is 0 Å². The molecule has 1 heterocycles. The maximum absolute atomic E-state index is 2.72. The third kappa shape index (κ3) is 1.90. The molecule has 1 nitrogen and oxygen atoms in total. The van der Waals surface area contributed by atoms with E-state index in [1.165, 1.54) is 38.9 Å². The first-order valence-electron chi connectivity index (χ1n) is 6.65. The molecule has 2 aliphatic carbocycles. The van der Waals surface area contributed by atoms with Gasteiger partial charge in [-0.05, 0) is 36.7 Å². The lowest BCUT2D eigenvalue weighted by Gasteiger charge is -2.20. The summed E-state index contributed by atoms with van der Waals surface area (Å²) < 4.78 is 0. The van der Waals surface area contributed by atoms with Gasteiger partial charge in [-0.3, -0.25) is 0 Å². The van der Waals surface area contributed by atoms with Crippen molar-refractivity contribution in [1.29, 1.82) is 0 Å². The second-order valence-electron chi connectivity index (χ2n) is 6.06. The number of hydrogen-bond acceptors (Lipinski definition) is 1. The van der Waals surface area contributed by atoms with Crippen molar-refractivity contribution in [3.63, 3.8) is 0 Å². The summed E-state index contributed by atoms with van der Waals surface area (Å²) in [6.45, 7) is 4.08. The van der Waals surface area contributed by atoms with Gasteiger partial charge in [0, 0.05) is 25.0 Å². The van der Waals surface area contributed by atoms with Crippen molar-refractivity contribution in [1.82, 2.24) is 4.90 Å². The zero-order chi connectivity index (χ0) is 10.6. The standard InChI is InChI=1S/C15H19N.ClH/c1-2-4-13(5-3-1)15-8-14(15)10-16(11-15)9-12-6-7-12;/h1-5,12,14H,6-11H2;1H. The molecule has 0 spiro atoms. The number of rotatable bonds is 3. The van der Waals surface area contributed by atoms with Crippen LogP contribution in [0.1, 0.15) is 24.8 Å². The summed E-state index contributed by atoms with van der Waals surface area (Å²) in [6, 6.07) is 11.2. The van der Waals surface area contributed by atoms with E-state index < -0.39 is 0 Å². The van der Waals surface area contributed by atoms with Gasteiger partial charge in [0.1, 0.15) is 0 Å². The van der Waals surface area contributed by atoms with Crippen LogP contribution in [0.4, 0.5) is 0 Å². The molecule has 0 aromatic heterocycles. The van der Waals surface area contributed by atoms with Crippen LogP contribution >= 0.6 is 12.4 Å². The Labute approximate surface area is 110 Å². The summed E-state index contributed by atoms with van der Waals surface area (Å²) in [5.41, 5.74) is 2.16. The van der Waals surface area contributed by atoms with Crippen molar-refractivity contribution in [2.24, 2.45) is 11.8 Å². The van der Waals surface area contributed by atoms with Gasteiger partial charge in [0.15, 0.2) is 0 Å². The Morgan fingerprint density at radius 1 is 1.18 bits per heavy atom. The quantitative estimate of drug-likeness (QED) is 0.796. The van der Waals surface area contributed by atoms with Crippen LogP contribution in [-0.4, -0.2) is 24.5 Å². The van der Waals surface area contributed by atoms with Gasteiger partial charge in [-0.1, -0.05) is 30.3 Å². The third-order valence-corrected chi connectivity index (χ3v) is 4.78. The molecule has 1 saturated heterocycles. The molecule has 3 fully saturated rings. The van der Waals surface area contributed by atoms with Crippen molar-refractivity contribution in [3.05, 3.63) is 35.9 Å². The Hall–Kier alpha value is -0.530. The Morgan fingerprint density at radius 2 is 1.94 bits per heavy atom. The van der Waals surface area contributed by atoms with Crippen LogP contribution in [0.25, 0.3) is 0 Å². The Kier molecular flexibility index (Phi) is 2.72. The topological polar surface area (TPSA) is 3.24 Å². The molecule has 1 aromatic carbocycles. The van der Waals surface area contributed by atoms with Gasteiger partial charge in [-0.25, -0.2) is 0 Å². The first-order chi connectivity index (χ1) is 7.87. The van der Waals surface area contributed by atoms with Crippen LogP contribution in [-0.2, 0) is 5.41 Å². The monoisotopic (exact) mass is 249 g/mol. The largest absolute Gasteiger partial charge is 0.302 e. The molecular weight excluding hydrogens is 230 g/mol. The number of likely N-dealkylation sites (tertiary alicyclic amines) is 1. The third-order valence-electron chi connectivity index (χ3n) is 4.78. The van der Waals surface area contributed by atoms with E-state index in [0.29, 0.717) is 5.41 Å². The maximum Gasteiger partial charge on any atom is 0.0124 e. The highest BCUT2D eigenvalue weighted by atomic mass is 35.5. The molecule has 1 aliphatic heterocycles. The molecule has 2 heteroatoms. The smallest absolute Gasteiger partial charge is 0.0124 e. The predicted molar refractivity (Wildman–Crippen MR) is 72.6 cm³/mol. The van der Waals surface area contributed by atoms with E-state index in [-0.39, 0.29) is 12.4 Å². The molecule has 92 valence electrons. The number of fused-ring (bicyclic) bond motifs is 1. The fourth-order valence-corrected chi connectivity index (χ4v) is 3.61. The first-order valence-corrected chi connectivity index (χ1v) is 6.65. The Bertz CT molecular complexity index is 401. The second-order valence-corrected chi connectivity index (χ2v) is 6.06. The zero-order valence-corrected chi connectivity index (χ0v) is 11.0. The molecule has 4 rings (SSSR count). The second kappa shape index (κ2) is 4.00. The van der Waals surface area contributed by atoms with E-state index in [0.717, 1.165) is 11.8 Å². The van der Waals surface area contributed by atoms with Crippen LogP contribution in [0.3, 0.4) is 0 Å². The molecule has 1 aromatic rings. The molecule has 2 saturated carbocycles. The highest BCUT2D eigenvalue weighted by molar-refractivity contribution is 5.85. The molecule has 2 unspecified atom stereocenters. The summed E-state index contributed by atoms with van der Waals surface area (Å²) in [6.07, 6.45) is 4.41. The first kappa shape index (κ1) is 11.6. The van der Waals surface area contributed by atoms with Gasteiger partial charge in [-0.2, -0.15) is 0 Å². The van der Waals surface area contributed by atoms with Gasteiger partial charge < -0.3 is 4.90 Å². The number of piperidine rings is 1. The van der Waals surface area contributed by atoms with Gasteiger partial charge in [0.2, 0.25) is 0 Å². The Morgan fingerprint density at radius 3 is 2.65 bits per heavy atom. The van der Waals surface area contributed by atoms with Crippen LogP contribution in [0.5, 0.6) is 0 Å². The lowest BCUT2D eigenvalue weighted by molar-refractivity contribution is 0.286. The van der Waals surface area contributed by atoms with Crippen molar-refractivity contribution < 1.29 is 0 Å². The normalized spacial score (nSPS) is 35.2. The Balaban J connectivity index is 0.000000902. The van der Waals surface area contributed by atoms with Crippen molar-refractivity contribution >= 4 is 12.4 Å². The van der Waals surface area contributed by atoms with Crippen LogP contribution in [0, 0.1) is 11.8 Å². The van der Waals surface area contributed by atoms with Crippen LogP contribution in [0.2, 0.25) is 0 Å². The fourth-order valence-electron chi connectivity index (χ4n) is 3.61. The van der Waals surface area contributed by atoms with Gasteiger partial charge in [0.05, 0.1) is 0 Å². The van der Waals surface area contributed by atoms with Crippen LogP contribution < -0.4 is 0 Å². The number of hydrogen-bond donors (Lipinski definition) is 0. The van der Waals surface area contributed by atoms with Crippen molar-refractivity contribution in [3.8, 4) is 0 Å². The SMILES string of the molecule is Cl.c1ccc(C23CC2CN(CC2CC2)C3)cc1. The lowest BCUT2D eigenvalue weighted by atomic mass is 9.95.